The maximum absolute atomic E-state index is 10.8. The molecule has 0 spiro atoms. The summed E-state index contributed by atoms with van der Waals surface area (Å²) in [6.07, 6.45) is 0. The predicted octanol–water partition coefficient (Wildman–Crippen LogP) is 3.40. The molecule has 0 aliphatic carbocycles. The second kappa shape index (κ2) is 7.87. The number of imidazole rings is 1. The fourth-order valence-corrected chi connectivity index (χ4v) is 4.42. The number of hydrogen-bond donors (Lipinski definition) is 3. The van der Waals surface area contributed by atoms with Crippen LogP contribution >= 0.6 is 0 Å². The smallest absolute Gasteiger partial charge is 0.145 e. The standard InChI is InChI=1S/C24H28N6O2/c1-15-4-7-21(32-3)19(12-15)30-14-20(31)22(23(30)25)24-26-17-6-5-16(13-18(17)27-24)29-10-8-28(2)9-11-29/h4-7,12-13,25,31H,8-11,14H2,1-3H3,(H,26,27). The van der Waals surface area contributed by atoms with E-state index in [4.69, 9.17) is 10.1 Å². The van der Waals surface area contributed by atoms with Crippen LogP contribution in [0.3, 0.4) is 0 Å². The van der Waals surface area contributed by atoms with Gasteiger partial charge in [0.05, 0.1) is 35.9 Å². The minimum absolute atomic E-state index is 0.122. The number of benzene rings is 2. The normalized spacial score (nSPS) is 17.7. The summed E-state index contributed by atoms with van der Waals surface area (Å²) in [5, 5.41) is 19.6. The Morgan fingerprint density at radius 2 is 1.88 bits per heavy atom. The Kier molecular flexibility index (Phi) is 5.01. The molecule has 1 aromatic heterocycles. The number of ether oxygens (including phenoxy) is 1. The molecule has 3 aromatic rings. The monoisotopic (exact) mass is 432 g/mol. The number of aliphatic hydroxyl groups excluding tert-OH is 1. The average Bonchev–Trinajstić information content (AvgIpc) is 3.33. The molecule has 0 atom stereocenters. The third-order valence-electron chi connectivity index (χ3n) is 6.30. The Hall–Kier alpha value is -3.52. The van der Waals surface area contributed by atoms with E-state index < -0.39 is 0 Å². The molecular formula is C24H28N6O2. The van der Waals surface area contributed by atoms with E-state index >= 15 is 0 Å². The third kappa shape index (κ3) is 3.46. The van der Waals surface area contributed by atoms with Gasteiger partial charge < -0.3 is 29.5 Å². The Morgan fingerprint density at radius 3 is 2.62 bits per heavy atom. The van der Waals surface area contributed by atoms with Crippen molar-refractivity contribution in [1.29, 1.82) is 5.41 Å². The van der Waals surface area contributed by atoms with Crippen LogP contribution in [0.4, 0.5) is 11.4 Å². The summed E-state index contributed by atoms with van der Waals surface area (Å²) in [5.74, 6) is 1.49. The van der Waals surface area contributed by atoms with E-state index in [9.17, 15) is 5.11 Å². The highest BCUT2D eigenvalue weighted by atomic mass is 16.5. The number of hydrogen-bond acceptors (Lipinski definition) is 6. The van der Waals surface area contributed by atoms with Gasteiger partial charge in [-0.2, -0.15) is 0 Å². The van der Waals surface area contributed by atoms with Crippen LogP contribution < -0.4 is 14.5 Å². The highest BCUT2D eigenvalue weighted by molar-refractivity contribution is 6.30. The molecule has 2 aliphatic heterocycles. The van der Waals surface area contributed by atoms with Gasteiger partial charge in [0, 0.05) is 31.9 Å². The third-order valence-corrected chi connectivity index (χ3v) is 6.30. The number of aliphatic hydroxyl groups is 1. The fraction of sp³-hybridized carbons (Fsp3) is 0.333. The van der Waals surface area contributed by atoms with Crippen molar-refractivity contribution in [3.63, 3.8) is 0 Å². The van der Waals surface area contributed by atoms with Gasteiger partial charge in [0.15, 0.2) is 0 Å². The van der Waals surface area contributed by atoms with Crippen LogP contribution in [0, 0.1) is 12.3 Å². The van der Waals surface area contributed by atoms with Crippen LogP contribution in [-0.4, -0.2) is 72.7 Å². The van der Waals surface area contributed by atoms with Crippen LogP contribution in [-0.2, 0) is 0 Å². The molecule has 1 fully saturated rings. The van der Waals surface area contributed by atoms with Gasteiger partial charge in [0.25, 0.3) is 0 Å². The lowest BCUT2D eigenvalue weighted by molar-refractivity contribution is 0.313. The van der Waals surface area contributed by atoms with Gasteiger partial charge in [-0.1, -0.05) is 6.07 Å². The second-order valence-electron chi connectivity index (χ2n) is 8.51. The summed E-state index contributed by atoms with van der Waals surface area (Å²) < 4.78 is 5.49. The van der Waals surface area contributed by atoms with Gasteiger partial charge in [-0.05, 0) is 49.9 Å². The van der Waals surface area contributed by atoms with Crippen molar-refractivity contribution < 1.29 is 9.84 Å². The summed E-state index contributed by atoms with van der Waals surface area (Å²) in [6.45, 7) is 6.27. The first kappa shape index (κ1) is 20.4. The SMILES string of the molecule is COc1ccc(C)cc1N1CC(O)=C(c2nc3ccc(N4CCN(C)CC4)cc3[nH]2)C1=N. The molecule has 166 valence electrons. The van der Waals surface area contributed by atoms with Crippen molar-refractivity contribution in [3.8, 4) is 5.75 Å². The number of rotatable bonds is 4. The van der Waals surface area contributed by atoms with E-state index in [-0.39, 0.29) is 18.1 Å². The molecule has 0 bridgehead atoms. The first-order chi connectivity index (χ1) is 15.4. The molecule has 1 saturated heterocycles. The number of anilines is 2. The molecule has 8 heteroatoms. The van der Waals surface area contributed by atoms with E-state index in [0.29, 0.717) is 17.1 Å². The first-order valence-electron chi connectivity index (χ1n) is 10.8. The lowest BCUT2D eigenvalue weighted by Gasteiger charge is -2.34. The van der Waals surface area contributed by atoms with Gasteiger partial charge in [-0.15, -0.1) is 0 Å². The number of aromatic amines is 1. The summed E-state index contributed by atoms with van der Waals surface area (Å²) in [6, 6.07) is 12.0. The Labute approximate surface area is 187 Å². The number of aryl methyl sites for hydroxylation is 1. The minimum Gasteiger partial charge on any atom is -0.509 e. The number of likely N-dealkylation sites (N-methyl/N-ethyl adjacent to an activating group) is 1. The van der Waals surface area contributed by atoms with Crippen LogP contribution in [0.25, 0.3) is 16.6 Å². The summed E-state index contributed by atoms with van der Waals surface area (Å²) in [4.78, 5) is 14.5. The molecular weight excluding hydrogens is 404 g/mol. The number of nitrogens with one attached hydrogen (secondary N) is 2. The molecule has 32 heavy (non-hydrogen) atoms. The molecule has 0 amide bonds. The van der Waals surface area contributed by atoms with Gasteiger partial charge in [0.2, 0.25) is 0 Å². The van der Waals surface area contributed by atoms with Crippen molar-refractivity contribution in [1.82, 2.24) is 14.9 Å². The number of amidine groups is 1. The van der Waals surface area contributed by atoms with E-state index in [1.807, 2.05) is 31.2 Å². The van der Waals surface area contributed by atoms with Gasteiger partial charge in [-0.3, -0.25) is 5.41 Å². The van der Waals surface area contributed by atoms with Crippen LogP contribution in [0.15, 0.2) is 42.2 Å². The molecule has 8 nitrogen and oxygen atoms in total. The van der Waals surface area contributed by atoms with Gasteiger partial charge in [-0.25, -0.2) is 4.98 Å². The molecule has 0 unspecified atom stereocenters. The molecule has 5 rings (SSSR count). The predicted molar refractivity (Wildman–Crippen MR) is 128 cm³/mol. The Balaban J connectivity index is 1.45. The summed E-state index contributed by atoms with van der Waals surface area (Å²) in [7, 11) is 3.76. The quantitative estimate of drug-likeness (QED) is 0.585. The highest BCUT2D eigenvalue weighted by Gasteiger charge is 2.33. The lowest BCUT2D eigenvalue weighted by atomic mass is 10.2. The Morgan fingerprint density at radius 1 is 1.09 bits per heavy atom. The van der Waals surface area contributed by atoms with Crippen molar-refractivity contribution in [2.75, 3.05) is 56.7 Å². The zero-order valence-corrected chi connectivity index (χ0v) is 18.6. The maximum Gasteiger partial charge on any atom is 0.145 e. The molecule has 2 aliphatic rings. The molecule has 2 aromatic carbocycles. The topological polar surface area (TPSA) is 91.7 Å². The highest BCUT2D eigenvalue weighted by Crippen LogP contribution is 2.36. The molecule has 0 radical (unpaired) electrons. The van der Waals surface area contributed by atoms with Crippen molar-refractivity contribution in [2.24, 2.45) is 0 Å². The number of aromatic nitrogens is 2. The Bertz CT molecular complexity index is 1220. The maximum atomic E-state index is 10.8. The number of nitrogens with zero attached hydrogens (tertiary/aromatic N) is 4. The average molecular weight is 433 g/mol. The van der Waals surface area contributed by atoms with Crippen LogP contribution in [0.2, 0.25) is 0 Å². The number of H-pyrrole nitrogens is 1. The van der Waals surface area contributed by atoms with Crippen molar-refractivity contribution in [3.05, 3.63) is 53.5 Å². The van der Waals surface area contributed by atoms with Crippen LogP contribution in [0.1, 0.15) is 11.4 Å². The lowest BCUT2D eigenvalue weighted by Crippen LogP contribution is -2.44. The molecule has 3 N–H and O–H groups in total. The largest absolute Gasteiger partial charge is 0.509 e. The number of piperazine rings is 1. The van der Waals surface area contributed by atoms with Crippen LogP contribution in [0.5, 0.6) is 5.75 Å². The molecule has 0 saturated carbocycles. The summed E-state index contributed by atoms with van der Waals surface area (Å²) >= 11 is 0. The van der Waals surface area contributed by atoms with E-state index in [1.165, 1.54) is 0 Å². The van der Waals surface area contributed by atoms with E-state index in [1.54, 1.807) is 12.0 Å². The fourth-order valence-electron chi connectivity index (χ4n) is 4.42. The second-order valence-corrected chi connectivity index (χ2v) is 8.51. The van der Waals surface area contributed by atoms with Crippen molar-refractivity contribution in [2.45, 2.75) is 6.92 Å². The number of fused-ring (bicyclic) bond motifs is 1. The first-order valence-corrected chi connectivity index (χ1v) is 10.8. The van der Waals surface area contributed by atoms with E-state index in [0.717, 1.165) is 54.2 Å². The van der Waals surface area contributed by atoms with Crippen molar-refractivity contribution >= 4 is 33.8 Å². The van der Waals surface area contributed by atoms with Gasteiger partial charge >= 0.3 is 0 Å². The zero-order chi connectivity index (χ0) is 22.4. The number of methoxy groups -OCH3 is 1. The zero-order valence-electron chi connectivity index (χ0n) is 18.6. The minimum atomic E-state index is 0.122. The summed E-state index contributed by atoms with van der Waals surface area (Å²) in [5.41, 5.74) is 5.11. The van der Waals surface area contributed by atoms with Gasteiger partial charge in [0.1, 0.15) is 23.2 Å². The molecule has 3 heterocycles. The van der Waals surface area contributed by atoms with E-state index in [2.05, 4.69) is 38.9 Å².